The topological polar surface area (TPSA) is 41.6 Å². The van der Waals surface area contributed by atoms with Gasteiger partial charge in [-0.05, 0) is 35.6 Å². The van der Waals surface area contributed by atoms with Crippen molar-refractivity contribution in [1.29, 1.82) is 0 Å². The van der Waals surface area contributed by atoms with Gasteiger partial charge in [0.05, 0.1) is 0 Å². The average Bonchev–Trinajstić information content (AvgIpc) is 2.61. The summed E-state index contributed by atoms with van der Waals surface area (Å²) in [6.07, 6.45) is 2.50. The molecule has 2 aliphatic rings. The zero-order valence-electron chi connectivity index (χ0n) is 13.8. The van der Waals surface area contributed by atoms with E-state index < -0.39 is 0 Å². The fourth-order valence-electron chi connectivity index (χ4n) is 3.48. The lowest BCUT2D eigenvalue weighted by Crippen LogP contribution is -2.33. The summed E-state index contributed by atoms with van der Waals surface area (Å²) in [5.41, 5.74) is 4.99. The molecule has 4 rings (SSSR count). The summed E-state index contributed by atoms with van der Waals surface area (Å²) in [7, 11) is 0. The molecule has 2 aromatic carbocycles. The molecule has 1 N–H and O–H groups in total. The van der Waals surface area contributed by atoms with Gasteiger partial charge in [0.15, 0.2) is 0 Å². The number of fused-ring (bicyclic) bond motifs is 2. The van der Waals surface area contributed by atoms with Gasteiger partial charge in [-0.1, -0.05) is 30.3 Å². The average molecular weight is 322 g/mol. The Hall–Kier alpha value is -2.33. The molecule has 1 amide bonds. The summed E-state index contributed by atoms with van der Waals surface area (Å²) in [5, 5.41) is 2.92. The number of nitrogens with zero attached hydrogens (tertiary/aromatic N) is 1. The highest BCUT2D eigenvalue weighted by Crippen LogP contribution is 2.27. The number of hydrogen-bond donors (Lipinski definition) is 1. The first-order valence-corrected chi connectivity index (χ1v) is 8.63. The van der Waals surface area contributed by atoms with Crippen LogP contribution < -0.4 is 10.1 Å². The van der Waals surface area contributed by atoms with Gasteiger partial charge in [0.25, 0.3) is 0 Å². The van der Waals surface area contributed by atoms with Crippen LogP contribution in [0.3, 0.4) is 0 Å². The SMILES string of the molecule is O=C1CCc2ccc(OCCN3CCc4ccccc4C3)cc2N1. The molecule has 4 heteroatoms. The molecule has 0 radical (unpaired) electrons. The van der Waals surface area contributed by atoms with Crippen molar-refractivity contribution < 1.29 is 9.53 Å². The van der Waals surface area contributed by atoms with Crippen LogP contribution in [0.1, 0.15) is 23.1 Å². The lowest BCUT2D eigenvalue weighted by molar-refractivity contribution is -0.116. The van der Waals surface area contributed by atoms with Crippen molar-refractivity contribution in [3.8, 4) is 5.75 Å². The summed E-state index contributed by atoms with van der Waals surface area (Å²) < 4.78 is 5.91. The maximum Gasteiger partial charge on any atom is 0.224 e. The Balaban J connectivity index is 1.32. The molecule has 0 atom stereocenters. The predicted octanol–water partition coefficient (Wildman–Crippen LogP) is 3.01. The van der Waals surface area contributed by atoms with Crippen LogP contribution in [0.4, 0.5) is 5.69 Å². The van der Waals surface area contributed by atoms with Crippen LogP contribution in [0.2, 0.25) is 0 Å². The van der Waals surface area contributed by atoms with Crippen molar-refractivity contribution in [3.05, 3.63) is 59.2 Å². The van der Waals surface area contributed by atoms with Gasteiger partial charge in [-0.2, -0.15) is 0 Å². The van der Waals surface area contributed by atoms with E-state index in [1.54, 1.807) is 0 Å². The Bertz CT molecular complexity index is 757. The number of carbonyl (C=O) groups excluding carboxylic acids is 1. The van der Waals surface area contributed by atoms with Gasteiger partial charge in [0.2, 0.25) is 5.91 Å². The van der Waals surface area contributed by atoms with E-state index in [2.05, 4.69) is 40.5 Å². The molecule has 24 heavy (non-hydrogen) atoms. The monoisotopic (exact) mass is 322 g/mol. The normalized spacial score (nSPS) is 16.9. The van der Waals surface area contributed by atoms with E-state index in [-0.39, 0.29) is 5.91 Å². The number of amides is 1. The van der Waals surface area contributed by atoms with Crippen LogP contribution in [0, 0.1) is 0 Å². The molecule has 2 aromatic rings. The van der Waals surface area contributed by atoms with Gasteiger partial charge in [0, 0.05) is 37.8 Å². The minimum Gasteiger partial charge on any atom is -0.492 e. The molecule has 0 spiro atoms. The third-order valence-electron chi connectivity index (χ3n) is 4.86. The molecule has 0 saturated heterocycles. The van der Waals surface area contributed by atoms with Crippen molar-refractivity contribution in [3.63, 3.8) is 0 Å². The van der Waals surface area contributed by atoms with E-state index in [0.29, 0.717) is 13.0 Å². The van der Waals surface area contributed by atoms with E-state index in [0.717, 1.165) is 43.9 Å². The zero-order chi connectivity index (χ0) is 16.4. The minimum atomic E-state index is 0.0895. The fourth-order valence-corrected chi connectivity index (χ4v) is 3.48. The Labute approximate surface area is 142 Å². The molecular weight excluding hydrogens is 300 g/mol. The predicted molar refractivity (Wildman–Crippen MR) is 94.3 cm³/mol. The van der Waals surface area contributed by atoms with Gasteiger partial charge in [-0.25, -0.2) is 0 Å². The summed E-state index contributed by atoms with van der Waals surface area (Å²) in [6.45, 7) is 3.66. The first-order valence-electron chi connectivity index (χ1n) is 8.63. The number of hydrogen-bond acceptors (Lipinski definition) is 3. The maximum absolute atomic E-state index is 11.5. The van der Waals surface area contributed by atoms with Crippen LogP contribution in [0.15, 0.2) is 42.5 Å². The number of carbonyl (C=O) groups is 1. The number of anilines is 1. The Morgan fingerprint density at radius 2 is 1.88 bits per heavy atom. The number of rotatable bonds is 4. The second kappa shape index (κ2) is 6.65. The summed E-state index contributed by atoms with van der Waals surface area (Å²) in [6, 6.07) is 14.7. The van der Waals surface area contributed by atoms with Crippen LogP contribution in [0.25, 0.3) is 0 Å². The highest BCUT2D eigenvalue weighted by atomic mass is 16.5. The number of aryl methyl sites for hydroxylation is 1. The van der Waals surface area contributed by atoms with Crippen LogP contribution in [-0.2, 0) is 24.2 Å². The standard InChI is InChI=1S/C20H22N2O2/c23-20-8-6-16-5-7-18(13-19(16)21-20)24-12-11-22-10-9-15-3-1-2-4-17(15)14-22/h1-5,7,13H,6,8-12,14H2,(H,21,23). The Kier molecular flexibility index (Phi) is 4.22. The number of ether oxygens (including phenoxy) is 1. The van der Waals surface area contributed by atoms with Gasteiger partial charge < -0.3 is 10.1 Å². The zero-order valence-corrected chi connectivity index (χ0v) is 13.8. The van der Waals surface area contributed by atoms with Crippen molar-refractivity contribution in [2.75, 3.05) is 25.0 Å². The van der Waals surface area contributed by atoms with Gasteiger partial charge in [-0.15, -0.1) is 0 Å². The van der Waals surface area contributed by atoms with E-state index in [9.17, 15) is 4.79 Å². The first kappa shape index (κ1) is 15.2. The molecule has 2 aliphatic heterocycles. The second-order valence-electron chi connectivity index (χ2n) is 6.51. The summed E-state index contributed by atoms with van der Waals surface area (Å²) in [5.74, 6) is 0.917. The molecule has 0 fully saturated rings. The van der Waals surface area contributed by atoms with Crippen LogP contribution >= 0.6 is 0 Å². The molecular formula is C20H22N2O2. The van der Waals surface area contributed by atoms with E-state index in [4.69, 9.17) is 4.74 Å². The minimum absolute atomic E-state index is 0.0895. The molecule has 0 aromatic heterocycles. The fraction of sp³-hybridized carbons (Fsp3) is 0.350. The molecule has 0 aliphatic carbocycles. The quantitative estimate of drug-likeness (QED) is 0.941. The van der Waals surface area contributed by atoms with Crippen LogP contribution in [0.5, 0.6) is 5.75 Å². The van der Waals surface area contributed by atoms with Gasteiger partial charge >= 0.3 is 0 Å². The van der Waals surface area contributed by atoms with Crippen molar-refractivity contribution in [2.45, 2.75) is 25.8 Å². The Morgan fingerprint density at radius 1 is 1.00 bits per heavy atom. The van der Waals surface area contributed by atoms with E-state index in [1.807, 2.05) is 12.1 Å². The molecule has 0 bridgehead atoms. The van der Waals surface area contributed by atoms with Crippen molar-refractivity contribution in [1.82, 2.24) is 4.90 Å². The molecule has 124 valence electrons. The lowest BCUT2D eigenvalue weighted by atomic mass is 10.0. The van der Waals surface area contributed by atoms with Gasteiger partial charge in [-0.3, -0.25) is 9.69 Å². The summed E-state index contributed by atoms with van der Waals surface area (Å²) in [4.78, 5) is 13.9. The second-order valence-corrected chi connectivity index (χ2v) is 6.51. The molecule has 4 nitrogen and oxygen atoms in total. The first-order chi connectivity index (χ1) is 11.8. The Morgan fingerprint density at radius 3 is 2.79 bits per heavy atom. The van der Waals surface area contributed by atoms with Gasteiger partial charge in [0.1, 0.15) is 12.4 Å². The lowest BCUT2D eigenvalue weighted by Gasteiger charge is -2.28. The van der Waals surface area contributed by atoms with E-state index >= 15 is 0 Å². The maximum atomic E-state index is 11.5. The molecule has 0 saturated carbocycles. The largest absolute Gasteiger partial charge is 0.492 e. The summed E-state index contributed by atoms with van der Waals surface area (Å²) >= 11 is 0. The number of nitrogens with one attached hydrogen (secondary N) is 1. The van der Waals surface area contributed by atoms with Crippen LogP contribution in [-0.4, -0.2) is 30.5 Å². The highest BCUT2D eigenvalue weighted by Gasteiger charge is 2.17. The number of benzene rings is 2. The van der Waals surface area contributed by atoms with Crippen molar-refractivity contribution in [2.24, 2.45) is 0 Å². The third-order valence-corrected chi connectivity index (χ3v) is 4.86. The smallest absolute Gasteiger partial charge is 0.224 e. The molecule has 2 heterocycles. The van der Waals surface area contributed by atoms with Crippen molar-refractivity contribution >= 4 is 11.6 Å². The molecule has 0 unspecified atom stereocenters. The highest BCUT2D eigenvalue weighted by molar-refractivity contribution is 5.94. The third kappa shape index (κ3) is 3.29. The van der Waals surface area contributed by atoms with E-state index in [1.165, 1.54) is 16.7 Å².